The van der Waals surface area contributed by atoms with Crippen molar-refractivity contribution in [3.8, 4) is 5.75 Å². The minimum Gasteiger partial charge on any atom is -0.497 e. The average molecular weight is 332 g/mol. The van der Waals surface area contributed by atoms with Gasteiger partial charge in [0.05, 0.1) is 13.2 Å². The van der Waals surface area contributed by atoms with Crippen LogP contribution in [-0.4, -0.2) is 35.3 Å². The summed E-state index contributed by atoms with van der Waals surface area (Å²) in [6.45, 7) is 0.482. The minimum absolute atomic E-state index is 0.208. The molecule has 0 saturated carbocycles. The van der Waals surface area contributed by atoms with Gasteiger partial charge in [-0.15, -0.1) is 0 Å². The lowest BCUT2D eigenvalue weighted by atomic mass is 9.81. The highest BCUT2D eigenvalue weighted by Gasteiger charge is 2.73. The van der Waals surface area contributed by atoms with Gasteiger partial charge in [0.1, 0.15) is 5.75 Å². The maximum atomic E-state index is 12.7. The summed E-state index contributed by atoms with van der Waals surface area (Å²) in [6, 6.07) is 4.78. The van der Waals surface area contributed by atoms with E-state index in [1.807, 2.05) is 0 Å². The Morgan fingerprint density at radius 3 is 1.68 bits per heavy atom. The predicted molar refractivity (Wildman–Crippen MR) is 64.2 cm³/mol. The number of methoxy groups -OCH3 is 1. The largest absolute Gasteiger partial charge is 0.497 e. The van der Waals surface area contributed by atoms with E-state index in [0.29, 0.717) is 12.7 Å². The van der Waals surface area contributed by atoms with Crippen LogP contribution in [-0.2, 0) is 0 Å². The molecule has 0 bridgehead atoms. The van der Waals surface area contributed by atoms with Gasteiger partial charge in [0.15, 0.2) is 0 Å². The van der Waals surface area contributed by atoms with E-state index in [1.165, 1.54) is 19.2 Å². The summed E-state index contributed by atoms with van der Waals surface area (Å²) >= 11 is 0. The Kier molecular flexibility index (Phi) is 5.03. The zero-order valence-electron chi connectivity index (χ0n) is 11.5. The van der Waals surface area contributed by atoms with Gasteiger partial charge in [0.25, 0.3) is 5.60 Å². The molecule has 1 rings (SSSR count). The van der Waals surface area contributed by atoms with Gasteiger partial charge in [-0.3, -0.25) is 0 Å². The fourth-order valence-electron chi connectivity index (χ4n) is 2.00. The van der Waals surface area contributed by atoms with Crippen molar-refractivity contribution < 1.29 is 41.3 Å². The van der Waals surface area contributed by atoms with Crippen LogP contribution < -0.4 is 4.74 Å². The molecule has 2 N–H and O–H groups in total. The van der Waals surface area contributed by atoms with Crippen LogP contribution in [0.1, 0.15) is 18.6 Å². The first-order chi connectivity index (χ1) is 9.86. The highest BCUT2D eigenvalue weighted by atomic mass is 19.4. The first kappa shape index (κ1) is 18.6. The Labute approximate surface area is 122 Å². The molecule has 0 saturated heterocycles. The maximum Gasteiger partial charge on any atom is 0.426 e. The smallest absolute Gasteiger partial charge is 0.426 e. The first-order valence-corrected chi connectivity index (χ1v) is 6.04. The second-order valence-electron chi connectivity index (χ2n) is 4.77. The molecule has 1 aromatic rings. The molecular weight excluding hydrogens is 318 g/mol. The standard InChI is InChI=1S/C13H14F6O3/c1-7(11(21,12(14,15)16)13(17,18)19)10(20)8-3-5-9(22-2)6-4-8/h3-7,10,20-21H,1-2H3. The van der Waals surface area contributed by atoms with Gasteiger partial charge in [0.2, 0.25) is 0 Å². The van der Waals surface area contributed by atoms with Crippen LogP contribution in [0, 0.1) is 5.92 Å². The molecule has 3 nitrogen and oxygen atoms in total. The van der Waals surface area contributed by atoms with Gasteiger partial charge in [0, 0.05) is 5.92 Å². The SMILES string of the molecule is COc1ccc(C(O)C(C)C(O)(C(F)(F)F)C(F)(F)F)cc1. The Bertz CT molecular complexity index is 480. The molecule has 0 aliphatic carbocycles. The molecule has 0 heterocycles. The van der Waals surface area contributed by atoms with E-state index in [1.54, 1.807) is 0 Å². The van der Waals surface area contributed by atoms with Crippen molar-refractivity contribution in [2.75, 3.05) is 7.11 Å². The lowest BCUT2D eigenvalue weighted by Gasteiger charge is -2.39. The summed E-state index contributed by atoms with van der Waals surface area (Å²) in [6.07, 6.45) is -14.2. The quantitative estimate of drug-likeness (QED) is 0.833. The van der Waals surface area contributed by atoms with Crippen molar-refractivity contribution in [1.82, 2.24) is 0 Å². The van der Waals surface area contributed by atoms with Crippen molar-refractivity contribution in [2.24, 2.45) is 5.92 Å². The molecule has 126 valence electrons. The molecule has 0 spiro atoms. The highest BCUT2D eigenvalue weighted by molar-refractivity contribution is 5.29. The van der Waals surface area contributed by atoms with E-state index >= 15 is 0 Å². The average Bonchev–Trinajstić information content (AvgIpc) is 2.42. The summed E-state index contributed by atoms with van der Waals surface area (Å²) in [5.41, 5.74) is -5.24. The van der Waals surface area contributed by atoms with E-state index in [0.717, 1.165) is 12.1 Å². The van der Waals surface area contributed by atoms with Crippen LogP contribution in [0.25, 0.3) is 0 Å². The molecule has 9 heteroatoms. The predicted octanol–water partition coefficient (Wildman–Crippen LogP) is 3.22. The number of aliphatic hydroxyl groups is 2. The molecule has 2 unspecified atom stereocenters. The second-order valence-corrected chi connectivity index (χ2v) is 4.77. The number of halogens is 6. The fraction of sp³-hybridized carbons (Fsp3) is 0.538. The lowest BCUT2D eigenvalue weighted by molar-refractivity contribution is -0.389. The Morgan fingerprint density at radius 1 is 0.955 bits per heavy atom. The fourth-order valence-corrected chi connectivity index (χ4v) is 2.00. The van der Waals surface area contributed by atoms with Crippen molar-refractivity contribution >= 4 is 0 Å². The maximum absolute atomic E-state index is 12.7. The summed E-state index contributed by atoms with van der Waals surface area (Å²) in [7, 11) is 1.32. The molecule has 1 aromatic carbocycles. The van der Waals surface area contributed by atoms with Crippen LogP contribution in [0.15, 0.2) is 24.3 Å². The summed E-state index contributed by atoms with van der Waals surface area (Å²) in [5.74, 6) is -2.26. The summed E-state index contributed by atoms with van der Waals surface area (Å²) < 4.78 is 81.3. The lowest BCUT2D eigenvalue weighted by Crippen LogP contribution is -2.62. The Hall–Kier alpha value is -1.48. The van der Waals surface area contributed by atoms with Crippen molar-refractivity contribution in [3.05, 3.63) is 29.8 Å². The van der Waals surface area contributed by atoms with Crippen molar-refractivity contribution in [2.45, 2.75) is 31.0 Å². The number of rotatable bonds is 4. The van der Waals surface area contributed by atoms with Gasteiger partial charge >= 0.3 is 12.4 Å². The van der Waals surface area contributed by atoms with Gasteiger partial charge in [-0.2, -0.15) is 26.3 Å². The van der Waals surface area contributed by atoms with Crippen molar-refractivity contribution in [1.29, 1.82) is 0 Å². The zero-order valence-corrected chi connectivity index (χ0v) is 11.5. The number of alkyl halides is 6. The number of ether oxygens (including phenoxy) is 1. The normalized spacial score (nSPS) is 16.3. The van der Waals surface area contributed by atoms with Crippen LogP contribution in [0.4, 0.5) is 26.3 Å². The molecule has 2 atom stereocenters. The molecular formula is C13H14F6O3. The molecule has 0 radical (unpaired) electrons. The monoisotopic (exact) mass is 332 g/mol. The van der Waals surface area contributed by atoms with Crippen LogP contribution in [0.3, 0.4) is 0 Å². The molecule has 0 aliphatic rings. The van der Waals surface area contributed by atoms with Gasteiger partial charge in [-0.1, -0.05) is 19.1 Å². The molecule has 0 aliphatic heterocycles. The third-order valence-corrected chi connectivity index (χ3v) is 3.45. The van der Waals surface area contributed by atoms with Crippen LogP contribution in [0.2, 0.25) is 0 Å². The topological polar surface area (TPSA) is 49.7 Å². The van der Waals surface area contributed by atoms with Crippen LogP contribution >= 0.6 is 0 Å². The molecule has 0 fully saturated rings. The Morgan fingerprint density at radius 2 is 1.36 bits per heavy atom. The van der Waals surface area contributed by atoms with E-state index in [9.17, 15) is 36.6 Å². The summed E-state index contributed by atoms with van der Waals surface area (Å²) in [4.78, 5) is 0. The number of benzene rings is 1. The Balaban J connectivity index is 3.21. The highest BCUT2D eigenvalue weighted by Crippen LogP contribution is 2.50. The third-order valence-electron chi connectivity index (χ3n) is 3.45. The zero-order chi connectivity index (χ0) is 17.3. The number of aliphatic hydroxyl groups excluding tert-OH is 1. The second kappa shape index (κ2) is 5.96. The molecule has 0 aromatic heterocycles. The molecule has 0 amide bonds. The third kappa shape index (κ3) is 3.14. The van der Waals surface area contributed by atoms with E-state index < -0.39 is 30.0 Å². The van der Waals surface area contributed by atoms with E-state index in [4.69, 9.17) is 4.74 Å². The summed E-state index contributed by atoms with van der Waals surface area (Å²) in [5, 5.41) is 19.1. The molecule has 22 heavy (non-hydrogen) atoms. The van der Waals surface area contributed by atoms with Gasteiger partial charge in [-0.25, -0.2) is 0 Å². The van der Waals surface area contributed by atoms with E-state index in [-0.39, 0.29) is 5.56 Å². The van der Waals surface area contributed by atoms with Gasteiger partial charge < -0.3 is 14.9 Å². The van der Waals surface area contributed by atoms with Crippen LogP contribution in [0.5, 0.6) is 5.75 Å². The first-order valence-electron chi connectivity index (χ1n) is 6.04. The van der Waals surface area contributed by atoms with Crippen molar-refractivity contribution in [3.63, 3.8) is 0 Å². The van der Waals surface area contributed by atoms with E-state index in [2.05, 4.69) is 0 Å². The number of hydrogen-bond acceptors (Lipinski definition) is 3. The number of hydrogen-bond donors (Lipinski definition) is 2. The minimum atomic E-state index is -5.99. The van der Waals surface area contributed by atoms with Gasteiger partial charge in [-0.05, 0) is 17.7 Å².